The predicted molar refractivity (Wildman–Crippen MR) is 76.3 cm³/mol. The zero-order valence-corrected chi connectivity index (χ0v) is 12.5. The van der Waals surface area contributed by atoms with Crippen molar-refractivity contribution in [3.05, 3.63) is 15.6 Å². The SMILES string of the molecule is CCCNCc1sc(CC(C)OC)nc1C1CC1. The lowest BCUT2D eigenvalue weighted by Crippen LogP contribution is -2.13. The molecule has 2 rings (SSSR count). The van der Waals surface area contributed by atoms with Gasteiger partial charge in [-0.1, -0.05) is 6.92 Å². The Morgan fingerprint density at radius 2 is 2.28 bits per heavy atom. The van der Waals surface area contributed by atoms with Gasteiger partial charge in [-0.2, -0.15) is 0 Å². The second kappa shape index (κ2) is 6.64. The molecule has 1 heterocycles. The van der Waals surface area contributed by atoms with Crippen LogP contribution in [-0.4, -0.2) is 24.7 Å². The largest absolute Gasteiger partial charge is 0.381 e. The number of thiazole rings is 1. The zero-order valence-electron chi connectivity index (χ0n) is 11.7. The van der Waals surface area contributed by atoms with Crippen molar-refractivity contribution in [1.29, 1.82) is 0 Å². The molecule has 1 atom stereocenters. The highest BCUT2D eigenvalue weighted by Gasteiger charge is 2.29. The molecule has 0 amide bonds. The Morgan fingerprint density at radius 3 is 2.89 bits per heavy atom. The molecule has 0 aromatic carbocycles. The molecular formula is C14H24N2OS. The molecule has 0 saturated heterocycles. The maximum absolute atomic E-state index is 5.33. The maximum Gasteiger partial charge on any atom is 0.0957 e. The normalized spacial score (nSPS) is 17.1. The van der Waals surface area contributed by atoms with Crippen molar-refractivity contribution in [2.24, 2.45) is 0 Å². The molecular weight excluding hydrogens is 244 g/mol. The van der Waals surface area contributed by atoms with Gasteiger partial charge in [0, 0.05) is 30.9 Å². The summed E-state index contributed by atoms with van der Waals surface area (Å²) in [6.07, 6.45) is 5.03. The summed E-state index contributed by atoms with van der Waals surface area (Å²) in [5.74, 6) is 0.742. The lowest BCUT2D eigenvalue weighted by atomic mass is 10.2. The third kappa shape index (κ3) is 3.77. The van der Waals surface area contributed by atoms with E-state index < -0.39 is 0 Å². The van der Waals surface area contributed by atoms with E-state index in [2.05, 4.69) is 19.2 Å². The molecule has 0 radical (unpaired) electrons. The van der Waals surface area contributed by atoms with Crippen molar-refractivity contribution in [1.82, 2.24) is 10.3 Å². The van der Waals surface area contributed by atoms with E-state index in [4.69, 9.17) is 9.72 Å². The molecule has 1 aliphatic carbocycles. The average molecular weight is 268 g/mol. The molecule has 102 valence electrons. The Bertz CT molecular complexity index is 374. The molecule has 0 bridgehead atoms. The Labute approximate surface area is 114 Å². The molecule has 1 saturated carbocycles. The van der Waals surface area contributed by atoms with Gasteiger partial charge in [0.1, 0.15) is 0 Å². The van der Waals surface area contributed by atoms with E-state index in [9.17, 15) is 0 Å². The topological polar surface area (TPSA) is 34.1 Å². The van der Waals surface area contributed by atoms with Gasteiger partial charge < -0.3 is 10.1 Å². The van der Waals surface area contributed by atoms with Gasteiger partial charge in [-0.15, -0.1) is 11.3 Å². The predicted octanol–water partition coefficient (Wildman–Crippen LogP) is 3.10. The second-order valence-electron chi connectivity index (χ2n) is 5.12. The summed E-state index contributed by atoms with van der Waals surface area (Å²) in [6, 6.07) is 0. The lowest BCUT2D eigenvalue weighted by Gasteiger charge is -2.05. The van der Waals surface area contributed by atoms with Crippen LogP contribution in [0.2, 0.25) is 0 Å². The fourth-order valence-electron chi connectivity index (χ4n) is 2.01. The van der Waals surface area contributed by atoms with Gasteiger partial charge >= 0.3 is 0 Å². The number of methoxy groups -OCH3 is 1. The van der Waals surface area contributed by atoms with Crippen LogP contribution >= 0.6 is 11.3 Å². The van der Waals surface area contributed by atoms with Gasteiger partial charge in [0.15, 0.2) is 0 Å². The first kappa shape index (κ1) is 14.0. The molecule has 1 aliphatic rings. The smallest absolute Gasteiger partial charge is 0.0957 e. The summed E-state index contributed by atoms with van der Waals surface area (Å²) in [6.45, 7) is 6.38. The van der Waals surface area contributed by atoms with E-state index in [1.807, 2.05) is 11.3 Å². The Kier molecular flexibility index (Phi) is 5.15. The Balaban J connectivity index is 2.01. The van der Waals surface area contributed by atoms with Crippen LogP contribution in [0.5, 0.6) is 0 Å². The molecule has 0 spiro atoms. The minimum absolute atomic E-state index is 0.264. The second-order valence-corrected chi connectivity index (χ2v) is 6.29. The van der Waals surface area contributed by atoms with Gasteiger partial charge in [0.05, 0.1) is 16.8 Å². The molecule has 1 N–H and O–H groups in total. The van der Waals surface area contributed by atoms with Crippen molar-refractivity contribution in [3.8, 4) is 0 Å². The number of hydrogen-bond acceptors (Lipinski definition) is 4. The van der Waals surface area contributed by atoms with Gasteiger partial charge in [-0.25, -0.2) is 4.98 Å². The van der Waals surface area contributed by atoms with Crippen molar-refractivity contribution in [3.63, 3.8) is 0 Å². The molecule has 1 unspecified atom stereocenters. The van der Waals surface area contributed by atoms with E-state index in [0.717, 1.165) is 25.4 Å². The summed E-state index contributed by atoms with van der Waals surface area (Å²) in [7, 11) is 1.77. The summed E-state index contributed by atoms with van der Waals surface area (Å²) < 4.78 is 5.33. The summed E-state index contributed by atoms with van der Waals surface area (Å²) >= 11 is 1.87. The molecule has 0 aliphatic heterocycles. The Morgan fingerprint density at radius 1 is 1.50 bits per heavy atom. The van der Waals surface area contributed by atoms with Gasteiger partial charge in [-0.3, -0.25) is 0 Å². The summed E-state index contributed by atoms with van der Waals surface area (Å²) in [4.78, 5) is 6.29. The van der Waals surface area contributed by atoms with E-state index in [-0.39, 0.29) is 6.10 Å². The number of nitrogens with zero attached hydrogens (tertiary/aromatic N) is 1. The monoisotopic (exact) mass is 268 g/mol. The number of ether oxygens (including phenoxy) is 1. The number of hydrogen-bond donors (Lipinski definition) is 1. The molecule has 1 aromatic rings. The first-order valence-electron chi connectivity index (χ1n) is 6.96. The van der Waals surface area contributed by atoms with E-state index in [1.54, 1.807) is 7.11 Å². The van der Waals surface area contributed by atoms with Gasteiger partial charge in [0.25, 0.3) is 0 Å². The zero-order chi connectivity index (χ0) is 13.0. The van der Waals surface area contributed by atoms with Crippen LogP contribution in [0.3, 0.4) is 0 Å². The molecule has 1 fully saturated rings. The van der Waals surface area contributed by atoms with Crippen LogP contribution in [0.1, 0.15) is 54.6 Å². The van der Waals surface area contributed by atoms with Crippen LogP contribution in [0.25, 0.3) is 0 Å². The first-order chi connectivity index (χ1) is 8.74. The maximum atomic E-state index is 5.33. The van der Waals surface area contributed by atoms with Crippen molar-refractivity contribution >= 4 is 11.3 Å². The molecule has 3 nitrogen and oxygen atoms in total. The lowest BCUT2D eigenvalue weighted by molar-refractivity contribution is 0.118. The fourth-order valence-corrected chi connectivity index (χ4v) is 3.25. The highest BCUT2D eigenvalue weighted by molar-refractivity contribution is 7.11. The van der Waals surface area contributed by atoms with Crippen molar-refractivity contribution in [2.45, 2.75) is 58.1 Å². The van der Waals surface area contributed by atoms with Crippen LogP contribution in [0, 0.1) is 0 Å². The van der Waals surface area contributed by atoms with Crippen LogP contribution in [-0.2, 0) is 17.7 Å². The number of nitrogens with one attached hydrogen (secondary N) is 1. The summed E-state index contributed by atoms with van der Waals surface area (Å²) in [5, 5.41) is 4.73. The average Bonchev–Trinajstić information content (AvgIpc) is 3.13. The highest BCUT2D eigenvalue weighted by atomic mass is 32.1. The van der Waals surface area contributed by atoms with Crippen molar-refractivity contribution < 1.29 is 4.74 Å². The first-order valence-corrected chi connectivity index (χ1v) is 7.78. The third-order valence-electron chi connectivity index (χ3n) is 3.31. The molecule has 18 heavy (non-hydrogen) atoms. The van der Waals surface area contributed by atoms with E-state index >= 15 is 0 Å². The fraction of sp³-hybridized carbons (Fsp3) is 0.786. The summed E-state index contributed by atoms with van der Waals surface area (Å²) in [5.41, 5.74) is 1.36. The minimum atomic E-state index is 0.264. The van der Waals surface area contributed by atoms with Crippen LogP contribution < -0.4 is 5.32 Å². The highest BCUT2D eigenvalue weighted by Crippen LogP contribution is 2.42. The molecule has 4 heteroatoms. The van der Waals surface area contributed by atoms with E-state index in [0.29, 0.717) is 0 Å². The minimum Gasteiger partial charge on any atom is -0.381 e. The van der Waals surface area contributed by atoms with Gasteiger partial charge in [-0.05, 0) is 32.7 Å². The molecule has 1 aromatic heterocycles. The van der Waals surface area contributed by atoms with Crippen molar-refractivity contribution in [2.75, 3.05) is 13.7 Å². The Hall–Kier alpha value is -0.450. The van der Waals surface area contributed by atoms with Crippen LogP contribution in [0.15, 0.2) is 0 Å². The third-order valence-corrected chi connectivity index (χ3v) is 4.41. The van der Waals surface area contributed by atoms with Crippen LogP contribution in [0.4, 0.5) is 0 Å². The number of aromatic nitrogens is 1. The van der Waals surface area contributed by atoms with Gasteiger partial charge in [0.2, 0.25) is 0 Å². The van der Waals surface area contributed by atoms with E-state index in [1.165, 1.54) is 34.8 Å². The number of rotatable bonds is 8. The quantitative estimate of drug-likeness (QED) is 0.736. The standard InChI is InChI=1S/C14H24N2OS/c1-4-7-15-9-12-14(11-5-6-11)16-13(18-12)8-10(2)17-3/h10-11,15H,4-9H2,1-3H3.